The molecular formula is C15H11BrF2O2. The van der Waals surface area contributed by atoms with Crippen LogP contribution >= 0.6 is 15.9 Å². The van der Waals surface area contributed by atoms with Crippen molar-refractivity contribution in [2.75, 3.05) is 0 Å². The Morgan fingerprint density at radius 2 is 1.95 bits per heavy atom. The van der Waals surface area contributed by atoms with Crippen molar-refractivity contribution in [3.63, 3.8) is 0 Å². The maximum absolute atomic E-state index is 13.5. The van der Waals surface area contributed by atoms with Gasteiger partial charge < -0.3 is 4.74 Å². The smallest absolute Gasteiger partial charge is 0.205 e. The lowest BCUT2D eigenvalue weighted by atomic mass is 10.1. The maximum atomic E-state index is 13.5. The van der Waals surface area contributed by atoms with Gasteiger partial charge >= 0.3 is 0 Å². The molecule has 0 aliphatic carbocycles. The van der Waals surface area contributed by atoms with Crippen LogP contribution in [-0.4, -0.2) is 11.9 Å². The molecule has 0 radical (unpaired) electrons. The number of ether oxygens (including phenoxy) is 1. The molecule has 20 heavy (non-hydrogen) atoms. The van der Waals surface area contributed by atoms with Crippen LogP contribution in [0.2, 0.25) is 0 Å². The summed E-state index contributed by atoms with van der Waals surface area (Å²) in [6.07, 6.45) is -0.871. The molecule has 0 aliphatic heterocycles. The lowest BCUT2D eigenvalue weighted by Crippen LogP contribution is -2.24. The van der Waals surface area contributed by atoms with Crippen molar-refractivity contribution in [3.8, 4) is 5.75 Å². The van der Waals surface area contributed by atoms with Crippen LogP contribution in [0, 0.1) is 11.6 Å². The van der Waals surface area contributed by atoms with Gasteiger partial charge in [0.05, 0.1) is 5.56 Å². The molecule has 0 amide bonds. The zero-order valence-electron chi connectivity index (χ0n) is 10.6. The summed E-state index contributed by atoms with van der Waals surface area (Å²) in [7, 11) is 0. The van der Waals surface area contributed by atoms with Gasteiger partial charge in [-0.2, -0.15) is 0 Å². The second kappa shape index (κ2) is 6.13. The van der Waals surface area contributed by atoms with Gasteiger partial charge in [-0.15, -0.1) is 0 Å². The maximum Gasteiger partial charge on any atom is 0.205 e. The predicted octanol–water partition coefficient (Wildman–Crippen LogP) is 4.38. The SMILES string of the molecule is CC(Oc1cccc(Br)c1)C(=O)c1ccc(F)cc1F. The molecule has 1 unspecified atom stereocenters. The first-order valence-corrected chi connectivity index (χ1v) is 6.68. The number of hydrogen-bond donors (Lipinski definition) is 0. The first-order chi connectivity index (χ1) is 9.47. The average molecular weight is 341 g/mol. The van der Waals surface area contributed by atoms with Crippen LogP contribution < -0.4 is 4.74 Å². The highest BCUT2D eigenvalue weighted by atomic mass is 79.9. The molecule has 0 saturated carbocycles. The summed E-state index contributed by atoms with van der Waals surface area (Å²) in [4.78, 5) is 12.1. The van der Waals surface area contributed by atoms with Gasteiger partial charge in [-0.05, 0) is 37.3 Å². The van der Waals surface area contributed by atoms with Gasteiger partial charge in [0, 0.05) is 10.5 Å². The number of rotatable bonds is 4. The van der Waals surface area contributed by atoms with Crippen molar-refractivity contribution >= 4 is 21.7 Å². The van der Waals surface area contributed by atoms with E-state index in [1.807, 2.05) is 6.07 Å². The fourth-order valence-corrected chi connectivity index (χ4v) is 2.08. The van der Waals surface area contributed by atoms with Crippen molar-refractivity contribution in [1.29, 1.82) is 0 Å². The number of halogens is 3. The first-order valence-electron chi connectivity index (χ1n) is 5.89. The minimum atomic E-state index is -0.889. The molecule has 5 heteroatoms. The van der Waals surface area contributed by atoms with E-state index in [4.69, 9.17) is 4.74 Å². The Bertz CT molecular complexity index is 644. The molecule has 0 aromatic heterocycles. The van der Waals surface area contributed by atoms with Gasteiger partial charge in [0.2, 0.25) is 5.78 Å². The molecule has 0 aliphatic rings. The Balaban J connectivity index is 2.16. The average Bonchev–Trinajstić information content (AvgIpc) is 2.38. The van der Waals surface area contributed by atoms with Crippen LogP contribution in [0.15, 0.2) is 46.9 Å². The second-order valence-electron chi connectivity index (χ2n) is 4.21. The molecule has 0 heterocycles. The number of carbonyl (C=O) groups excluding carboxylic acids is 1. The molecule has 2 aromatic rings. The number of carbonyl (C=O) groups is 1. The normalized spacial score (nSPS) is 12.0. The summed E-state index contributed by atoms with van der Waals surface area (Å²) < 4.78 is 32.6. The van der Waals surface area contributed by atoms with Crippen LogP contribution in [0.25, 0.3) is 0 Å². The molecule has 0 spiro atoms. The molecular weight excluding hydrogens is 330 g/mol. The highest BCUT2D eigenvalue weighted by Crippen LogP contribution is 2.20. The van der Waals surface area contributed by atoms with Crippen LogP contribution in [0.3, 0.4) is 0 Å². The molecule has 2 nitrogen and oxygen atoms in total. The van der Waals surface area contributed by atoms with Gasteiger partial charge in [0.15, 0.2) is 6.10 Å². The van der Waals surface area contributed by atoms with E-state index in [9.17, 15) is 13.6 Å². The fourth-order valence-electron chi connectivity index (χ4n) is 1.71. The van der Waals surface area contributed by atoms with Crippen molar-refractivity contribution in [3.05, 3.63) is 64.1 Å². The van der Waals surface area contributed by atoms with E-state index in [1.54, 1.807) is 18.2 Å². The summed E-state index contributed by atoms with van der Waals surface area (Å²) in [5.41, 5.74) is -0.186. The van der Waals surface area contributed by atoms with Gasteiger partial charge in [-0.1, -0.05) is 22.0 Å². The van der Waals surface area contributed by atoms with E-state index in [1.165, 1.54) is 6.92 Å². The number of hydrogen-bond acceptors (Lipinski definition) is 2. The van der Waals surface area contributed by atoms with Crippen LogP contribution in [0.5, 0.6) is 5.75 Å². The van der Waals surface area contributed by atoms with Gasteiger partial charge in [-0.3, -0.25) is 4.79 Å². The molecule has 104 valence electrons. The third-order valence-electron chi connectivity index (χ3n) is 2.67. The topological polar surface area (TPSA) is 26.3 Å². The zero-order chi connectivity index (χ0) is 14.7. The molecule has 2 rings (SSSR count). The fraction of sp³-hybridized carbons (Fsp3) is 0.133. The van der Waals surface area contributed by atoms with Gasteiger partial charge in [0.1, 0.15) is 17.4 Å². The zero-order valence-corrected chi connectivity index (χ0v) is 12.2. The van der Waals surface area contributed by atoms with E-state index < -0.39 is 23.5 Å². The van der Waals surface area contributed by atoms with Crippen LogP contribution in [0.4, 0.5) is 8.78 Å². The van der Waals surface area contributed by atoms with Gasteiger partial charge in [-0.25, -0.2) is 8.78 Å². The predicted molar refractivity (Wildman–Crippen MR) is 74.9 cm³/mol. The Hall–Kier alpha value is -1.75. The van der Waals surface area contributed by atoms with E-state index >= 15 is 0 Å². The quantitative estimate of drug-likeness (QED) is 0.772. The minimum Gasteiger partial charge on any atom is -0.483 e. The standard InChI is InChI=1S/C15H11BrF2O2/c1-9(20-12-4-2-3-10(16)7-12)15(19)13-6-5-11(17)8-14(13)18/h2-9H,1H3. The van der Waals surface area contributed by atoms with E-state index in [0.29, 0.717) is 11.8 Å². The lowest BCUT2D eigenvalue weighted by Gasteiger charge is -2.14. The molecule has 0 N–H and O–H groups in total. The highest BCUT2D eigenvalue weighted by molar-refractivity contribution is 9.10. The van der Waals surface area contributed by atoms with E-state index in [0.717, 1.165) is 16.6 Å². The summed E-state index contributed by atoms with van der Waals surface area (Å²) in [6.45, 7) is 1.52. The first kappa shape index (κ1) is 14.7. The van der Waals surface area contributed by atoms with Crippen molar-refractivity contribution in [1.82, 2.24) is 0 Å². The largest absolute Gasteiger partial charge is 0.483 e. The second-order valence-corrected chi connectivity index (χ2v) is 5.12. The summed E-state index contributed by atoms with van der Waals surface area (Å²) in [5, 5.41) is 0. The van der Waals surface area contributed by atoms with E-state index in [2.05, 4.69) is 15.9 Å². The third-order valence-corrected chi connectivity index (χ3v) is 3.17. The number of ketones is 1. The van der Waals surface area contributed by atoms with Crippen LogP contribution in [0.1, 0.15) is 17.3 Å². The Morgan fingerprint density at radius 1 is 1.20 bits per heavy atom. The summed E-state index contributed by atoms with van der Waals surface area (Å²) in [6, 6.07) is 9.81. The van der Waals surface area contributed by atoms with Crippen LogP contribution in [-0.2, 0) is 0 Å². The molecule has 1 atom stereocenters. The Labute approximate surface area is 123 Å². The van der Waals surface area contributed by atoms with Crippen molar-refractivity contribution in [2.24, 2.45) is 0 Å². The number of Topliss-reactive ketones (excluding diaryl/α,β-unsaturated/α-hetero) is 1. The summed E-state index contributed by atoms with van der Waals surface area (Å²) >= 11 is 3.29. The molecule has 0 fully saturated rings. The monoisotopic (exact) mass is 340 g/mol. The van der Waals surface area contributed by atoms with Crippen molar-refractivity contribution < 1.29 is 18.3 Å². The molecule has 0 bridgehead atoms. The van der Waals surface area contributed by atoms with Crippen molar-refractivity contribution in [2.45, 2.75) is 13.0 Å². The third kappa shape index (κ3) is 3.42. The Kier molecular flexibility index (Phi) is 4.49. The number of benzene rings is 2. The Morgan fingerprint density at radius 3 is 2.60 bits per heavy atom. The highest BCUT2D eigenvalue weighted by Gasteiger charge is 2.20. The molecule has 2 aromatic carbocycles. The molecule has 0 saturated heterocycles. The minimum absolute atomic E-state index is 0.186. The lowest BCUT2D eigenvalue weighted by molar-refractivity contribution is 0.0813. The summed E-state index contributed by atoms with van der Waals surface area (Å²) in [5.74, 6) is -1.66. The van der Waals surface area contributed by atoms with Gasteiger partial charge in [0.25, 0.3) is 0 Å². The van der Waals surface area contributed by atoms with E-state index in [-0.39, 0.29) is 5.56 Å².